The Bertz CT molecular complexity index is 978. The molecule has 0 fully saturated rings. The average molecular weight is 358 g/mol. The summed E-state index contributed by atoms with van der Waals surface area (Å²) in [4.78, 5) is 16.7. The van der Waals surface area contributed by atoms with Gasteiger partial charge >= 0.3 is 0 Å². The second-order valence-electron chi connectivity index (χ2n) is 5.66. The van der Waals surface area contributed by atoms with Gasteiger partial charge in [0.05, 0.1) is 18.2 Å². The number of amides is 1. The Kier molecular flexibility index (Phi) is 5.65. The smallest absolute Gasteiger partial charge is 0.255 e. The van der Waals surface area contributed by atoms with Crippen LogP contribution in [0.25, 0.3) is 0 Å². The Morgan fingerprint density at radius 2 is 1.93 bits per heavy atom. The van der Waals surface area contributed by atoms with E-state index in [1.165, 1.54) is 0 Å². The minimum atomic E-state index is -0.240. The molecule has 1 amide bonds. The third kappa shape index (κ3) is 4.83. The van der Waals surface area contributed by atoms with Gasteiger partial charge in [0.2, 0.25) is 0 Å². The molecule has 1 heterocycles. The normalized spacial score (nSPS) is 9.93. The van der Waals surface area contributed by atoms with Crippen LogP contribution in [-0.4, -0.2) is 17.5 Å². The summed E-state index contributed by atoms with van der Waals surface area (Å²) in [5.74, 6) is 1.03. The Morgan fingerprint density at radius 1 is 1.11 bits per heavy atom. The number of nitrogens with one attached hydrogen (secondary N) is 2. The van der Waals surface area contributed by atoms with Crippen LogP contribution in [-0.2, 0) is 0 Å². The first-order chi connectivity index (χ1) is 13.2. The van der Waals surface area contributed by atoms with Gasteiger partial charge < -0.3 is 15.4 Å². The molecule has 0 aliphatic heterocycles. The zero-order valence-electron chi connectivity index (χ0n) is 14.8. The lowest BCUT2D eigenvalue weighted by Gasteiger charge is -2.09. The molecule has 2 aromatic carbocycles. The molecule has 1 aromatic heterocycles. The van der Waals surface area contributed by atoms with Crippen LogP contribution in [0.3, 0.4) is 0 Å². The lowest BCUT2D eigenvalue weighted by Crippen LogP contribution is -2.12. The molecule has 0 unspecified atom stereocenters. The third-order valence-corrected chi connectivity index (χ3v) is 3.71. The second-order valence-corrected chi connectivity index (χ2v) is 5.66. The number of aromatic nitrogens is 1. The van der Waals surface area contributed by atoms with Crippen LogP contribution in [0.4, 0.5) is 17.2 Å². The van der Waals surface area contributed by atoms with E-state index < -0.39 is 0 Å². The quantitative estimate of drug-likeness (QED) is 0.684. The van der Waals surface area contributed by atoms with Crippen molar-refractivity contribution in [1.82, 2.24) is 4.98 Å². The third-order valence-electron chi connectivity index (χ3n) is 3.71. The van der Waals surface area contributed by atoms with Gasteiger partial charge in [0.1, 0.15) is 11.6 Å². The zero-order valence-corrected chi connectivity index (χ0v) is 14.8. The standard InChI is InChI=1S/C21H18N4O2/c1-2-27-19-8-6-17(7-9-19)25-21(26)16-10-11-23-20(13-16)24-18-5-3-4-15(12-18)14-22/h3-13H,2H2,1H3,(H,23,24)(H,25,26). The number of benzene rings is 2. The molecule has 6 nitrogen and oxygen atoms in total. The SMILES string of the molecule is CCOc1ccc(NC(=O)c2ccnc(Nc3cccc(C#N)c3)c2)cc1. The van der Waals surface area contributed by atoms with Gasteiger partial charge in [0.25, 0.3) is 5.91 Å². The number of nitriles is 1. The molecule has 2 N–H and O–H groups in total. The highest BCUT2D eigenvalue weighted by molar-refractivity contribution is 6.04. The van der Waals surface area contributed by atoms with Gasteiger partial charge in [0.15, 0.2) is 0 Å². The van der Waals surface area contributed by atoms with Crippen molar-refractivity contribution >= 4 is 23.1 Å². The van der Waals surface area contributed by atoms with Crippen molar-refractivity contribution in [3.8, 4) is 11.8 Å². The number of hydrogen-bond acceptors (Lipinski definition) is 5. The van der Waals surface area contributed by atoms with Gasteiger partial charge in [-0.3, -0.25) is 4.79 Å². The van der Waals surface area contributed by atoms with Gasteiger partial charge in [-0.25, -0.2) is 4.98 Å². The first-order valence-corrected chi connectivity index (χ1v) is 8.45. The van der Waals surface area contributed by atoms with Gasteiger partial charge in [-0.05, 0) is 61.5 Å². The molecule has 3 aromatic rings. The van der Waals surface area contributed by atoms with Crippen molar-refractivity contribution in [3.05, 3.63) is 78.0 Å². The number of carbonyl (C=O) groups is 1. The van der Waals surface area contributed by atoms with E-state index in [2.05, 4.69) is 21.7 Å². The summed E-state index contributed by atoms with van der Waals surface area (Å²) >= 11 is 0. The molecule has 0 atom stereocenters. The minimum Gasteiger partial charge on any atom is -0.494 e. The fraction of sp³-hybridized carbons (Fsp3) is 0.0952. The minimum absolute atomic E-state index is 0.240. The number of nitrogens with zero attached hydrogens (tertiary/aromatic N) is 2. The van der Waals surface area contributed by atoms with Crippen molar-refractivity contribution in [2.24, 2.45) is 0 Å². The number of hydrogen-bond donors (Lipinski definition) is 2. The Labute approximate surface area is 157 Å². The molecule has 3 rings (SSSR count). The molecular weight excluding hydrogens is 340 g/mol. The van der Waals surface area contributed by atoms with E-state index in [0.717, 1.165) is 11.4 Å². The van der Waals surface area contributed by atoms with E-state index in [0.29, 0.717) is 29.2 Å². The van der Waals surface area contributed by atoms with Crippen LogP contribution >= 0.6 is 0 Å². The van der Waals surface area contributed by atoms with E-state index >= 15 is 0 Å². The van der Waals surface area contributed by atoms with Crippen LogP contribution < -0.4 is 15.4 Å². The predicted molar refractivity (Wildman–Crippen MR) is 104 cm³/mol. The number of pyridine rings is 1. The van der Waals surface area contributed by atoms with E-state index in [9.17, 15) is 4.79 Å². The summed E-state index contributed by atoms with van der Waals surface area (Å²) in [5.41, 5.74) is 2.42. The van der Waals surface area contributed by atoms with Crippen molar-refractivity contribution in [2.75, 3.05) is 17.2 Å². The van der Waals surface area contributed by atoms with Crippen molar-refractivity contribution in [2.45, 2.75) is 6.92 Å². The topological polar surface area (TPSA) is 87.0 Å². The number of carbonyl (C=O) groups excluding carboxylic acids is 1. The monoisotopic (exact) mass is 358 g/mol. The highest BCUT2D eigenvalue weighted by Crippen LogP contribution is 2.19. The van der Waals surface area contributed by atoms with E-state index in [4.69, 9.17) is 10.00 Å². The summed E-state index contributed by atoms with van der Waals surface area (Å²) in [6, 6.07) is 19.6. The predicted octanol–water partition coefficient (Wildman–Crippen LogP) is 4.35. The summed E-state index contributed by atoms with van der Waals surface area (Å²) in [7, 11) is 0. The van der Waals surface area contributed by atoms with Crippen molar-refractivity contribution < 1.29 is 9.53 Å². The second kappa shape index (κ2) is 8.50. The maximum absolute atomic E-state index is 12.5. The van der Waals surface area contributed by atoms with Gasteiger partial charge in [0, 0.05) is 23.1 Å². The molecule has 0 bridgehead atoms. The van der Waals surface area contributed by atoms with Crippen LogP contribution in [0.1, 0.15) is 22.8 Å². The van der Waals surface area contributed by atoms with Crippen LogP contribution in [0.2, 0.25) is 0 Å². The largest absolute Gasteiger partial charge is 0.494 e. The lowest BCUT2D eigenvalue weighted by molar-refractivity contribution is 0.102. The van der Waals surface area contributed by atoms with E-state index in [1.807, 2.05) is 13.0 Å². The van der Waals surface area contributed by atoms with Crippen molar-refractivity contribution in [3.63, 3.8) is 0 Å². The summed E-state index contributed by atoms with van der Waals surface area (Å²) in [6.45, 7) is 2.51. The first kappa shape index (κ1) is 18.0. The molecule has 0 saturated carbocycles. The Morgan fingerprint density at radius 3 is 2.67 bits per heavy atom. The zero-order chi connectivity index (χ0) is 19.1. The summed E-state index contributed by atoms with van der Waals surface area (Å²) in [6.07, 6.45) is 1.56. The fourth-order valence-corrected chi connectivity index (χ4v) is 2.46. The first-order valence-electron chi connectivity index (χ1n) is 8.45. The molecule has 0 radical (unpaired) electrons. The maximum Gasteiger partial charge on any atom is 0.255 e. The summed E-state index contributed by atoms with van der Waals surface area (Å²) in [5, 5.41) is 14.9. The molecule has 0 spiro atoms. The van der Waals surface area contributed by atoms with E-state index in [1.54, 1.807) is 60.8 Å². The van der Waals surface area contributed by atoms with Crippen LogP contribution in [0.15, 0.2) is 66.9 Å². The van der Waals surface area contributed by atoms with Gasteiger partial charge in [-0.2, -0.15) is 5.26 Å². The average Bonchev–Trinajstić information content (AvgIpc) is 2.70. The van der Waals surface area contributed by atoms with Crippen molar-refractivity contribution in [1.29, 1.82) is 5.26 Å². The molecule has 134 valence electrons. The van der Waals surface area contributed by atoms with Gasteiger partial charge in [-0.15, -0.1) is 0 Å². The number of rotatable bonds is 6. The Balaban J connectivity index is 1.70. The Hall–Kier alpha value is -3.85. The highest BCUT2D eigenvalue weighted by Gasteiger charge is 2.08. The fourth-order valence-electron chi connectivity index (χ4n) is 2.46. The van der Waals surface area contributed by atoms with Gasteiger partial charge in [-0.1, -0.05) is 6.07 Å². The lowest BCUT2D eigenvalue weighted by atomic mass is 10.2. The molecule has 0 aliphatic carbocycles. The number of anilines is 3. The van der Waals surface area contributed by atoms with Crippen LogP contribution in [0.5, 0.6) is 5.75 Å². The summed E-state index contributed by atoms with van der Waals surface area (Å²) < 4.78 is 5.39. The molecule has 6 heteroatoms. The molecule has 27 heavy (non-hydrogen) atoms. The molecule has 0 aliphatic rings. The maximum atomic E-state index is 12.5. The molecule has 0 saturated heterocycles. The van der Waals surface area contributed by atoms with Crippen LogP contribution in [0, 0.1) is 11.3 Å². The van der Waals surface area contributed by atoms with E-state index in [-0.39, 0.29) is 5.91 Å². The molecular formula is C21H18N4O2. The highest BCUT2D eigenvalue weighted by atomic mass is 16.5. The number of ether oxygens (including phenoxy) is 1.